The van der Waals surface area contributed by atoms with Crippen molar-refractivity contribution in [2.24, 2.45) is 5.41 Å². The van der Waals surface area contributed by atoms with E-state index in [1.165, 1.54) is 11.3 Å². The Hall–Kier alpha value is -0.350. The summed E-state index contributed by atoms with van der Waals surface area (Å²) in [6, 6.07) is 1.84. The van der Waals surface area contributed by atoms with Gasteiger partial charge < -0.3 is 5.32 Å². The number of carbonyl (C=O) groups excluding carboxylic acids is 1. The van der Waals surface area contributed by atoms with E-state index in [-0.39, 0.29) is 11.3 Å². The Morgan fingerprint density at radius 2 is 2.25 bits per heavy atom. The number of hydrogen-bond acceptors (Lipinski definition) is 2. The maximum absolute atomic E-state index is 11.7. The molecule has 1 amide bonds. The van der Waals surface area contributed by atoms with E-state index < -0.39 is 0 Å². The second kappa shape index (κ2) is 5.82. The van der Waals surface area contributed by atoms with E-state index in [0.717, 1.165) is 12.0 Å². The van der Waals surface area contributed by atoms with Crippen LogP contribution >= 0.6 is 27.3 Å². The molecule has 0 saturated carbocycles. The lowest BCUT2D eigenvalue weighted by Crippen LogP contribution is -2.31. The van der Waals surface area contributed by atoms with Crippen molar-refractivity contribution in [2.45, 2.75) is 32.0 Å². The minimum absolute atomic E-state index is 0.0135. The van der Waals surface area contributed by atoms with Crippen molar-refractivity contribution in [3.63, 3.8) is 0 Å². The number of rotatable bonds is 4. The summed E-state index contributed by atoms with van der Waals surface area (Å²) in [6.45, 7) is 7.26. The van der Waals surface area contributed by atoms with Gasteiger partial charge in [0.05, 0.1) is 0 Å². The zero-order chi connectivity index (χ0) is 12.2. The van der Waals surface area contributed by atoms with Gasteiger partial charge in [0.2, 0.25) is 0 Å². The van der Waals surface area contributed by atoms with E-state index in [1.807, 2.05) is 16.8 Å². The number of amides is 1. The van der Waals surface area contributed by atoms with Crippen molar-refractivity contribution in [1.29, 1.82) is 0 Å². The first-order valence-electron chi connectivity index (χ1n) is 5.33. The molecule has 0 radical (unpaired) electrons. The van der Waals surface area contributed by atoms with Gasteiger partial charge >= 0.3 is 0 Å². The van der Waals surface area contributed by atoms with Gasteiger partial charge in [-0.15, -0.1) is 0 Å². The zero-order valence-corrected chi connectivity index (χ0v) is 12.3. The summed E-state index contributed by atoms with van der Waals surface area (Å²) in [6.07, 6.45) is 1.04. The minimum Gasteiger partial charge on any atom is -0.351 e. The molecule has 1 aromatic heterocycles. The average molecular weight is 304 g/mol. The summed E-state index contributed by atoms with van der Waals surface area (Å²) in [4.78, 5) is 12.0. The third-order valence-electron chi connectivity index (χ3n) is 2.10. The van der Waals surface area contributed by atoms with Gasteiger partial charge in [-0.1, -0.05) is 36.7 Å². The topological polar surface area (TPSA) is 29.1 Å². The van der Waals surface area contributed by atoms with Crippen LogP contribution in [-0.4, -0.2) is 17.3 Å². The van der Waals surface area contributed by atoms with E-state index in [9.17, 15) is 4.79 Å². The Labute approximate surface area is 110 Å². The molecule has 0 bridgehead atoms. The van der Waals surface area contributed by atoms with Crippen molar-refractivity contribution in [3.8, 4) is 0 Å². The van der Waals surface area contributed by atoms with Crippen LogP contribution in [0.15, 0.2) is 16.8 Å². The molecule has 0 spiro atoms. The Balaban J connectivity index is 2.32. The van der Waals surface area contributed by atoms with Crippen LogP contribution in [0.2, 0.25) is 0 Å². The number of halogens is 1. The monoisotopic (exact) mass is 303 g/mol. The van der Waals surface area contributed by atoms with Gasteiger partial charge in [-0.05, 0) is 23.3 Å². The van der Waals surface area contributed by atoms with Crippen LogP contribution in [-0.2, 0) is 0 Å². The van der Waals surface area contributed by atoms with Crippen molar-refractivity contribution >= 4 is 33.2 Å². The molecule has 4 heteroatoms. The Kier molecular flexibility index (Phi) is 4.99. The molecule has 2 nitrogen and oxygen atoms in total. The first-order chi connectivity index (χ1) is 7.38. The highest BCUT2D eigenvalue weighted by atomic mass is 79.9. The van der Waals surface area contributed by atoms with Gasteiger partial charge in [0.15, 0.2) is 0 Å². The van der Waals surface area contributed by atoms with Crippen LogP contribution < -0.4 is 5.32 Å². The highest BCUT2D eigenvalue weighted by Gasteiger charge is 2.17. The van der Waals surface area contributed by atoms with Crippen LogP contribution in [0.25, 0.3) is 0 Å². The second-order valence-electron chi connectivity index (χ2n) is 5.08. The Morgan fingerprint density at radius 1 is 1.56 bits per heavy atom. The van der Waals surface area contributed by atoms with Gasteiger partial charge in [0, 0.05) is 22.3 Å². The lowest BCUT2D eigenvalue weighted by molar-refractivity contribution is 0.0953. The molecule has 1 heterocycles. The predicted octanol–water partition coefficient (Wildman–Crippen LogP) is 3.68. The maximum atomic E-state index is 11.7. The molecule has 1 rings (SSSR count). The molecule has 0 fully saturated rings. The second-order valence-corrected chi connectivity index (χ2v) is 7.16. The lowest BCUT2D eigenvalue weighted by Gasteiger charge is -2.22. The van der Waals surface area contributed by atoms with Crippen molar-refractivity contribution in [1.82, 2.24) is 5.32 Å². The van der Waals surface area contributed by atoms with Crippen molar-refractivity contribution < 1.29 is 4.79 Å². The third kappa shape index (κ3) is 5.12. The summed E-state index contributed by atoms with van der Waals surface area (Å²) in [5.41, 5.74) is 1.03. The smallest absolute Gasteiger partial charge is 0.252 e. The summed E-state index contributed by atoms with van der Waals surface area (Å²) in [5.74, 6) is 0.0135. The van der Waals surface area contributed by atoms with Gasteiger partial charge in [0.1, 0.15) is 0 Å². The van der Waals surface area contributed by atoms with Crippen LogP contribution in [0.3, 0.4) is 0 Å². The Bertz CT molecular complexity index is 329. The van der Waals surface area contributed by atoms with Crippen molar-refractivity contribution in [3.05, 3.63) is 22.4 Å². The van der Waals surface area contributed by atoms with E-state index in [0.29, 0.717) is 11.4 Å². The number of alkyl halides is 1. The van der Waals surface area contributed by atoms with E-state index >= 15 is 0 Å². The predicted molar refractivity (Wildman–Crippen MR) is 73.4 cm³/mol. The number of thiophene rings is 1. The van der Waals surface area contributed by atoms with Crippen LogP contribution in [0.1, 0.15) is 37.6 Å². The van der Waals surface area contributed by atoms with Gasteiger partial charge in [-0.3, -0.25) is 4.79 Å². The molecular formula is C12H18BrNOS. The van der Waals surface area contributed by atoms with E-state index in [2.05, 4.69) is 42.0 Å². The van der Waals surface area contributed by atoms with E-state index in [1.54, 1.807) is 0 Å². The molecular weight excluding hydrogens is 286 g/mol. The summed E-state index contributed by atoms with van der Waals surface area (Å²) >= 11 is 5.13. The number of carbonyl (C=O) groups is 1. The highest BCUT2D eigenvalue weighted by molar-refractivity contribution is 9.09. The molecule has 1 N–H and O–H groups in total. The fourth-order valence-electron chi connectivity index (χ4n) is 1.44. The normalized spacial score (nSPS) is 13.5. The highest BCUT2D eigenvalue weighted by Crippen LogP contribution is 2.24. The number of hydrogen-bond donors (Lipinski definition) is 1. The quantitative estimate of drug-likeness (QED) is 0.845. The Morgan fingerprint density at radius 3 is 2.75 bits per heavy atom. The van der Waals surface area contributed by atoms with E-state index in [4.69, 9.17) is 0 Å². The SMILES string of the molecule is CC(C)(C)CC(Br)CNC(=O)c1ccsc1. The van der Waals surface area contributed by atoms with Gasteiger partial charge in [-0.2, -0.15) is 11.3 Å². The molecule has 0 aliphatic heterocycles. The first kappa shape index (κ1) is 13.7. The molecule has 90 valence electrons. The summed E-state index contributed by atoms with van der Waals surface area (Å²) in [5, 5.41) is 6.70. The molecule has 0 aromatic carbocycles. The molecule has 16 heavy (non-hydrogen) atoms. The van der Waals surface area contributed by atoms with Gasteiger partial charge in [-0.25, -0.2) is 0 Å². The van der Waals surface area contributed by atoms with Crippen molar-refractivity contribution in [2.75, 3.05) is 6.54 Å². The first-order valence-corrected chi connectivity index (χ1v) is 7.19. The minimum atomic E-state index is 0.0135. The zero-order valence-electron chi connectivity index (χ0n) is 9.92. The largest absolute Gasteiger partial charge is 0.351 e. The maximum Gasteiger partial charge on any atom is 0.252 e. The lowest BCUT2D eigenvalue weighted by atomic mass is 9.90. The van der Waals surface area contributed by atoms with Crippen LogP contribution in [0.4, 0.5) is 0 Å². The molecule has 1 unspecified atom stereocenters. The van der Waals surface area contributed by atoms with Gasteiger partial charge in [0.25, 0.3) is 5.91 Å². The fraction of sp³-hybridized carbons (Fsp3) is 0.583. The number of nitrogens with one attached hydrogen (secondary N) is 1. The summed E-state index contributed by atoms with van der Waals surface area (Å²) < 4.78 is 0. The molecule has 1 atom stereocenters. The molecule has 0 aliphatic rings. The summed E-state index contributed by atoms with van der Waals surface area (Å²) in [7, 11) is 0. The third-order valence-corrected chi connectivity index (χ3v) is 3.43. The fourth-order valence-corrected chi connectivity index (χ4v) is 3.20. The molecule has 0 saturated heterocycles. The molecule has 0 aliphatic carbocycles. The van der Waals surface area contributed by atoms with Crippen LogP contribution in [0, 0.1) is 5.41 Å². The average Bonchev–Trinajstić information content (AvgIpc) is 2.64. The molecule has 1 aromatic rings. The standard InChI is InChI=1S/C12H18BrNOS/c1-12(2,3)6-10(13)7-14-11(15)9-4-5-16-8-9/h4-5,8,10H,6-7H2,1-3H3,(H,14,15). The van der Waals surface area contributed by atoms with Crippen LogP contribution in [0.5, 0.6) is 0 Å².